The van der Waals surface area contributed by atoms with Crippen LogP contribution in [-0.2, 0) is 9.53 Å². The van der Waals surface area contributed by atoms with E-state index in [1.54, 1.807) is 0 Å². The van der Waals surface area contributed by atoms with Crippen molar-refractivity contribution in [1.29, 1.82) is 0 Å². The fraction of sp³-hybridized carbons (Fsp3) is 0.857. The third kappa shape index (κ3) is 2.82. The summed E-state index contributed by atoms with van der Waals surface area (Å²) in [5, 5.41) is 3.01. The van der Waals surface area contributed by atoms with Gasteiger partial charge in [-0.1, -0.05) is 13.8 Å². The van der Waals surface area contributed by atoms with Gasteiger partial charge in [-0.3, -0.25) is 4.79 Å². The van der Waals surface area contributed by atoms with E-state index in [4.69, 9.17) is 0 Å². The Hall–Kier alpha value is -0.570. The second-order valence-electron chi connectivity index (χ2n) is 2.04. The van der Waals surface area contributed by atoms with Crippen molar-refractivity contribution in [2.75, 3.05) is 13.7 Å². The Morgan fingerprint density at radius 3 is 2.50 bits per heavy atom. The Bertz CT molecular complexity index is 104. The minimum Gasteiger partial charge on any atom is -0.468 e. The summed E-state index contributed by atoms with van der Waals surface area (Å²) in [5.41, 5.74) is 0. The van der Waals surface area contributed by atoms with E-state index in [-0.39, 0.29) is 12.0 Å². The Morgan fingerprint density at radius 1 is 1.60 bits per heavy atom. The van der Waals surface area contributed by atoms with Gasteiger partial charge in [-0.15, -0.1) is 0 Å². The Balaban J connectivity index is 3.68. The first kappa shape index (κ1) is 9.43. The van der Waals surface area contributed by atoms with Crippen molar-refractivity contribution in [1.82, 2.24) is 5.32 Å². The van der Waals surface area contributed by atoms with Crippen molar-refractivity contribution in [3.63, 3.8) is 0 Å². The summed E-state index contributed by atoms with van der Waals surface area (Å²) in [5.74, 6) is -0.177. The monoisotopic (exact) mass is 145 g/mol. The van der Waals surface area contributed by atoms with E-state index in [1.165, 1.54) is 7.11 Å². The van der Waals surface area contributed by atoms with Gasteiger partial charge in [0.2, 0.25) is 0 Å². The Labute approximate surface area is 61.8 Å². The number of carbonyl (C=O) groups excluding carboxylic acids is 1. The van der Waals surface area contributed by atoms with Gasteiger partial charge in [0, 0.05) is 0 Å². The van der Waals surface area contributed by atoms with E-state index in [9.17, 15) is 4.79 Å². The van der Waals surface area contributed by atoms with Gasteiger partial charge in [0.1, 0.15) is 6.04 Å². The van der Waals surface area contributed by atoms with Crippen LogP contribution in [0.25, 0.3) is 0 Å². The van der Waals surface area contributed by atoms with Gasteiger partial charge < -0.3 is 10.1 Å². The number of methoxy groups -OCH3 is 1. The van der Waals surface area contributed by atoms with Gasteiger partial charge in [0.25, 0.3) is 0 Å². The minimum atomic E-state index is -0.177. The van der Waals surface area contributed by atoms with Gasteiger partial charge in [-0.25, -0.2) is 0 Å². The number of hydrogen-bond donors (Lipinski definition) is 1. The fourth-order valence-corrected chi connectivity index (χ4v) is 0.783. The average molecular weight is 145 g/mol. The molecule has 0 aromatic carbocycles. The van der Waals surface area contributed by atoms with E-state index < -0.39 is 0 Å². The zero-order valence-electron chi connectivity index (χ0n) is 6.81. The number of carbonyl (C=O) groups is 1. The normalized spacial score (nSPS) is 12.7. The largest absolute Gasteiger partial charge is 0.468 e. The number of likely N-dealkylation sites (N-methyl/N-ethyl adjacent to an activating group) is 1. The Kier molecular flexibility index (Phi) is 4.94. The molecule has 0 fully saturated rings. The van der Waals surface area contributed by atoms with Crippen LogP contribution in [0.2, 0.25) is 0 Å². The first-order valence-electron chi connectivity index (χ1n) is 3.57. The van der Waals surface area contributed by atoms with Gasteiger partial charge in [-0.05, 0) is 13.0 Å². The van der Waals surface area contributed by atoms with Crippen LogP contribution in [0.1, 0.15) is 20.3 Å². The van der Waals surface area contributed by atoms with Gasteiger partial charge in [0.15, 0.2) is 0 Å². The maximum atomic E-state index is 10.8. The van der Waals surface area contributed by atoms with Crippen molar-refractivity contribution in [2.45, 2.75) is 26.3 Å². The van der Waals surface area contributed by atoms with E-state index in [0.717, 1.165) is 13.0 Å². The molecule has 0 spiro atoms. The second kappa shape index (κ2) is 5.23. The van der Waals surface area contributed by atoms with Crippen molar-refractivity contribution in [3.05, 3.63) is 0 Å². The van der Waals surface area contributed by atoms with Crippen LogP contribution >= 0.6 is 0 Å². The minimum absolute atomic E-state index is 0.130. The van der Waals surface area contributed by atoms with Crippen LogP contribution in [0.15, 0.2) is 0 Å². The molecule has 0 aromatic rings. The third-order valence-electron chi connectivity index (χ3n) is 1.34. The maximum Gasteiger partial charge on any atom is 0.322 e. The number of hydrogen-bond acceptors (Lipinski definition) is 3. The van der Waals surface area contributed by atoms with Gasteiger partial charge in [0.05, 0.1) is 7.11 Å². The molecule has 0 aliphatic heterocycles. The average Bonchev–Trinajstić information content (AvgIpc) is 1.99. The molecular weight excluding hydrogens is 130 g/mol. The second-order valence-corrected chi connectivity index (χ2v) is 2.04. The fourth-order valence-electron chi connectivity index (χ4n) is 0.783. The lowest BCUT2D eigenvalue weighted by Gasteiger charge is -2.11. The molecule has 0 bridgehead atoms. The van der Waals surface area contributed by atoms with Crippen LogP contribution in [0.3, 0.4) is 0 Å². The zero-order valence-corrected chi connectivity index (χ0v) is 6.81. The first-order valence-corrected chi connectivity index (χ1v) is 3.57. The summed E-state index contributed by atoms with van der Waals surface area (Å²) in [7, 11) is 1.41. The van der Waals surface area contributed by atoms with Crippen LogP contribution in [0.4, 0.5) is 0 Å². The highest BCUT2D eigenvalue weighted by molar-refractivity contribution is 5.75. The lowest BCUT2D eigenvalue weighted by Crippen LogP contribution is -2.36. The molecule has 0 radical (unpaired) electrons. The molecule has 60 valence electrons. The van der Waals surface area contributed by atoms with Crippen molar-refractivity contribution in [3.8, 4) is 0 Å². The molecule has 3 nitrogen and oxygen atoms in total. The molecule has 1 atom stereocenters. The lowest BCUT2D eigenvalue weighted by molar-refractivity contribution is -0.143. The molecule has 0 heterocycles. The Morgan fingerprint density at radius 2 is 2.20 bits per heavy atom. The highest BCUT2D eigenvalue weighted by Gasteiger charge is 2.13. The topological polar surface area (TPSA) is 38.3 Å². The van der Waals surface area contributed by atoms with Gasteiger partial charge >= 0.3 is 5.97 Å². The summed E-state index contributed by atoms with van der Waals surface area (Å²) in [6, 6.07) is -0.130. The van der Waals surface area contributed by atoms with Crippen LogP contribution < -0.4 is 5.32 Å². The molecule has 3 heteroatoms. The molecule has 0 aliphatic rings. The summed E-state index contributed by atoms with van der Waals surface area (Å²) in [4.78, 5) is 10.8. The molecule has 0 unspecified atom stereocenters. The summed E-state index contributed by atoms with van der Waals surface area (Å²) < 4.78 is 4.55. The molecule has 1 N–H and O–H groups in total. The van der Waals surface area contributed by atoms with E-state index in [2.05, 4.69) is 10.1 Å². The van der Waals surface area contributed by atoms with Crippen molar-refractivity contribution >= 4 is 5.97 Å². The highest BCUT2D eigenvalue weighted by atomic mass is 16.5. The number of esters is 1. The lowest BCUT2D eigenvalue weighted by atomic mass is 10.2. The standard InChI is InChI=1S/C7H15NO2/c1-4-6(8-5-2)7(9)10-3/h6,8H,4-5H2,1-3H3/t6-/m1/s1. The van der Waals surface area contributed by atoms with E-state index in [1.807, 2.05) is 13.8 Å². The predicted molar refractivity (Wildman–Crippen MR) is 39.8 cm³/mol. The van der Waals surface area contributed by atoms with Crippen molar-refractivity contribution in [2.24, 2.45) is 0 Å². The van der Waals surface area contributed by atoms with E-state index in [0.29, 0.717) is 0 Å². The molecule has 0 aliphatic carbocycles. The highest BCUT2D eigenvalue weighted by Crippen LogP contribution is 1.92. The molecule has 10 heavy (non-hydrogen) atoms. The predicted octanol–water partition coefficient (Wildman–Crippen LogP) is 0.547. The van der Waals surface area contributed by atoms with Crippen LogP contribution in [-0.4, -0.2) is 25.7 Å². The maximum absolute atomic E-state index is 10.8. The first-order chi connectivity index (χ1) is 4.76. The summed E-state index contributed by atoms with van der Waals surface area (Å²) >= 11 is 0. The summed E-state index contributed by atoms with van der Waals surface area (Å²) in [6.45, 7) is 4.71. The molecule has 0 saturated carbocycles. The molecule has 0 saturated heterocycles. The third-order valence-corrected chi connectivity index (χ3v) is 1.34. The smallest absolute Gasteiger partial charge is 0.322 e. The quantitative estimate of drug-likeness (QED) is 0.587. The molecule has 0 aromatic heterocycles. The summed E-state index contributed by atoms with van der Waals surface area (Å²) in [6.07, 6.45) is 0.778. The van der Waals surface area contributed by atoms with Crippen LogP contribution in [0, 0.1) is 0 Å². The SMILES string of the molecule is CCN[C@H](CC)C(=O)OC. The molecule has 0 amide bonds. The molecular formula is C7H15NO2. The molecule has 0 rings (SSSR count). The number of rotatable bonds is 4. The van der Waals surface area contributed by atoms with Crippen molar-refractivity contribution < 1.29 is 9.53 Å². The zero-order chi connectivity index (χ0) is 7.98. The van der Waals surface area contributed by atoms with Crippen LogP contribution in [0.5, 0.6) is 0 Å². The number of ether oxygens (including phenoxy) is 1. The number of nitrogens with one attached hydrogen (secondary N) is 1. The van der Waals surface area contributed by atoms with E-state index >= 15 is 0 Å². The van der Waals surface area contributed by atoms with Gasteiger partial charge in [-0.2, -0.15) is 0 Å².